The van der Waals surface area contributed by atoms with E-state index in [1.54, 1.807) is 0 Å². The fraction of sp³-hybridized carbons (Fsp3) is 0.529. The molecule has 0 aromatic heterocycles. The van der Waals surface area contributed by atoms with Gasteiger partial charge >= 0.3 is 0 Å². The largest absolute Gasteiger partial charge is 0.508 e. The average molecular weight is 278 g/mol. The number of benzene rings is 1. The van der Waals surface area contributed by atoms with Gasteiger partial charge in [-0.05, 0) is 18.9 Å². The molecule has 0 atom stereocenters. The van der Waals surface area contributed by atoms with Crippen molar-refractivity contribution in [1.82, 2.24) is 0 Å². The molecule has 0 saturated heterocycles. The summed E-state index contributed by atoms with van der Waals surface area (Å²) >= 11 is 0. The number of aromatic hydroxyl groups is 2. The predicted octanol–water partition coefficient (Wildman–Crippen LogP) is 4.87. The summed E-state index contributed by atoms with van der Waals surface area (Å²) in [6.07, 6.45) is 12.5. The lowest BCUT2D eigenvalue weighted by atomic mass is 10.1. The topological polar surface area (TPSA) is 49.7 Å². The summed E-state index contributed by atoms with van der Waals surface area (Å²) in [7, 11) is 1.47. The predicted molar refractivity (Wildman–Crippen MR) is 83.4 cm³/mol. The monoisotopic (exact) mass is 278 g/mol. The van der Waals surface area contributed by atoms with Crippen LogP contribution in [0, 0.1) is 0 Å². The molecule has 20 heavy (non-hydrogen) atoms. The van der Waals surface area contributed by atoms with Gasteiger partial charge in [-0.2, -0.15) is 0 Å². The third kappa shape index (κ3) is 5.55. The maximum Gasteiger partial charge on any atom is 0.165 e. The number of phenolic OH excluding ortho intramolecular Hbond substituents is 2. The number of allylic oxidation sites excluding steroid dienone is 1. The van der Waals surface area contributed by atoms with E-state index in [0.29, 0.717) is 11.3 Å². The second-order valence-electron chi connectivity index (χ2n) is 5.04. The van der Waals surface area contributed by atoms with Crippen molar-refractivity contribution in [1.29, 1.82) is 0 Å². The molecule has 0 amide bonds. The smallest absolute Gasteiger partial charge is 0.165 e. The number of unbranched alkanes of at least 4 members (excludes halogenated alkanes) is 6. The third-order valence-corrected chi connectivity index (χ3v) is 3.33. The summed E-state index contributed by atoms with van der Waals surface area (Å²) in [6, 6.07) is 2.94. The molecule has 0 radical (unpaired) electrons. The van der Waals surface area contributed by atoms with E-state index in [1.807, 2.05) is 12.2 Å². The van der Waals surface area contributed by atoms with Crippen LogP contribution in [0.2, 0.25) is 0 Å². The fourth-order valence-electron chi connectivity index (χ4n) is 2.15. The maximum atomic E-state index is 9.93. The highest BCUT2D eigenvalue weighted by atomic mass is 16.5. The molecule has 3 heteroatoms. The molecular formula is C17H26O3. The van der Waals surface area contributed by atoms with E-state index in [-0.39, 0.29) is 11.5 Å². The number of phenols is 2. The molecular weight excluding hydrogens is 252 g/mol. The molecule has 0 fully saturated rings. The highest BCUT2D eigenvalue weighted by Crippen LogP contribution is 2.34. The molecule has 1 aromatic rings. The van der Waals surface area contributed by atoms with E-state index in [4.69, 9.17) is 4.74 Å². The minimum Gasteiger partial charge on any atom is -0.508 e. The minimum atomic E-state index is 0.0736. The number of hydrogen-bond donors (Lipinski definition) is 2. The zero-order valence-corrected chi connectivity index (χ0v) is 12.6. The van der Waals surface area contributed by atoms with Crippen molar-refractivity contribution in [3.63, 3.8) is 0 Å². The molecule has 0 spiro atoms. The lowest BCUT2D eigenvalue weighted by Gasteiger charge is -2.07. The molecule has 1 aromatic carbocycles. The van der Waals surface area contributed by atoms with Crippen molar-refractivity contribution >= 4 is 6.08 Å². The Morgan fingerprint density at radius 3 is 2.45 bits per heavy atom. The van der Waals surface area contributed by atoms with Gasteiger partial charge in [-0.25, -0.2) is 0 Å². The third-order valence-electron chi connectivity index (χ3n) is 3.33. The van der Waals surface area contributed by atoms with Gasteiger partial charge < -0.3 is 14.9 Å². The summed E-state index contributed by atoms with van der Waals surface area (Å²) in [6.45, 7) is 2.22. The fourth-order valence-corrected chi connectivity index (χ4v) is 2.15. The van der Waals surface area contributed by atoms with Crippen molar-refractivity contribution in [3.8, 4) is 17.2 Å². The van der Waals surface area contributed by atoms with Gasteiger partial charge in [-0.3, -0.25) is 0 Å². The molecule has 2 N–H and O–H groups in total. The van der Waals surface area contributed by atoms with Crippen molar-refractivity contribution in [2.45, 2.75) is 51.9 Å². The average Bonchev–Trinajstić information content (AvgIpc) is 2.44. The molecule has 3 nitrogen and oxygen atoms in total. The van der Waals surface area contributed by atoms with Crippen LogP contribution in [0.1, 0.15) is 57.4 Å². The Morgan fingerprint density at radius 2 is 1.75 bits per heavy atom. The van der Waals surface area contributed by atoms with Crippen LogP contribution in [0.15, 0.2) is 18.2 Å². The van der Waals surface area contributed by atoms with Gasteiger partial charge in [0.15, 0.2) is 11.5 Å². The van der Waals surface area contributed by atoms with E-state index in [1.165, 1.54) is 51.3 Å². The van der Waals surface area contributed by atoms with Crippen molar-refractivity contribution < 1.29 is 14.9 Å². The van der Waals surface area contributed by atoms with Crippen LogP contribution < -0.4 is 4.74 Å². The first kappa shape index (κ1) is 16.4. The van der Waals surface area contributed by atoms with Gasteiger partial charge in [0.05, 0.1) is 7.11 Å². The van der Waals surface area contributed by atoms with Gasteiger partial charge in [0, 0.05) is 11.6 Å². The van der Waals surface area contributed by atoms with Crippen LogP contribution in [0.4, 0.5) is 0 Å². The van der Waals surface area contributed by atoms with E-state index in [9.17, 15) is 10.2 Å². The zero-order valence-electron chi connectivity index (χ0n) is 12.6. The minimum absolute atomic E-state index is 0.0736. The van der Waals surface area contributed by atoms with Crippen LogP contribution in [0.25, 0.3) is 6.08 Å². The van der Waals surface area contributed by atoms with E-state index in [2.05, 4.69) is 6.92 Å². The summed E-state index contributed by atoms with van der Waals surface area (Å²) in [5.74, 6) is 0.465. The first-order chi connectivity index (χ1) is 9.69. The van der Waals surface area contributed by atoms with E-state index >= 15 is 0 Å². The lowest BCUT2D eigenvalue weighted by Crippen LogP contribution is -1.86. The second-order valence-corrected chi connectivity index (χ2v) is 5.04. The maximum absolute atomic E-state index is 9.93. The van der Waals surface area contributed by atoms with E-state index < -0.39 is 0 Å². The Hall–Kier alpha value is -1.64. The van der Waals surface area contributed by atoms with Crippen LogP contribution in [-0.4, -0.2) is 17.3 Å². The SMILES string of the molecule is CCCCCCCCC=Cc1cc(O)cc(OC)c1O. The molecule has 1 rings (SSSR count). The Balaban J connectivity index is 2.40. The van der Waals surface area contributed by atoms with Crippen molar-refractivity contribution in [2.75, 3.05) is 7.11 Å². The molecule has 112 valence electrons. The number of ether oxygens (including phenoxy) is 1. The highest BCUT2D eigenvalue weighted by Gasteiger charge is 2.07. The van der Waals surface area contributed by atoms with Crippen LogP contribution in [0.5, 0.6) is 17.2 Å². The van der Waals surface area contributed by atoms with E-state index in [0.717, 1.165) is 12.8 Å². The lowest BCUT2D eigenvalue weighted by molar-refractivity contribution is 0.368. The van der Waals surface area contributed by atoms with Gasteiger partial charge in [-0.15, -0.1) is 0 Å². The molecule has 0 aliphatic heterocycles. The van der Waals surface area contributed by atoms with Gasteiger partial charge in [-0.1, -0.05) is 51.2 Å². The number of rotatable bonds is 9. The highest BCUT2D eigenvalue weighted by molar-refractivity contribution is 5.64. The van der Waals surface area contributed by atoms with Crippen LogP contribution in [-0.2, 0) is 0 Å². The van der Waals surface area contributed by atoms with Gasteiger partial charge in [0.2, 0.25) is 0 Å². The molecule has 0 unspecified atom stereocenters. The van der Waals surface area contributed by atoms with Gasteiger partial charge in [0.25, 0.3) is 0 Å². The first-order valence-electron chi connectivity index (χ1n) is 7.45. The summed E-state index contributed by atoms with van der Waals surface area (Å²) in [5, 5.41) is 19.5. The Labute approximate surface area is 121 Å². The van der Waals surface area contributed by atoms with Crippen LogP contribution >= 0.6 is 0 Å². The molecule has 0 aliphatic rings. The Kier molecular flexibility index (Phi) is 7.63. The van der Waals surface area contributed by atoms with Crippen molar-refractivity contribution in [3.05, 3.63) is 23.8 Å². The quantitative estimate of drug-likeness (QED) is 0.500. The standard InChI is InChI=1S/C17H26O3/c1-3-4-5-6-7-8-9-10-11-14-12-15(18)13-16(20-2)17(14)19/h10-13,18-19H,3-9H2,1-2H3. The Bertz CT molecular complexity index is 424. The summed E-state index contributed by atoms with van der Waals surface area (Å²) < 4.78 is 5.00. The normalized spacial score (nSPS) is 11.1. The molecule has 0 saturated carbocycles. The molecule has 0 aliphatic carbocycles. The Morgan fingerprint density at radius 1 is 1.05 bits per heavy atom. The molecule has 0 bridgehead atoms. The summed E-state index contributed by atoms with van der Waals surface area (Å²) in [5.41, 5.74) is 0.591. The second kappa shape index (κ2) is 9.29. The number of methoxy groups -OCH3 is 1. The van der Waals surface area contributed by atoms with Crippen LogP contribution in [0.3, 0.4) is 0 Å². The van der Waals surface area contributed by atoms with Gasteiger partial charge in [0.1, 0.15) is 5.75 Å². The number of hydrogen-bond acceptors (Lipinski definition) is 3. The zero-order chi connectivity index (χ0) is 14.8. The first-order valence-corrected chi connectivity index (χ1v) is 7.45. The summed E-state index contributed by atoms with van der Waals surface area (Å²) in [4.78, 5) is 0. The van der Waals surface area contributed by atoms with Crippen molar-refractivity contribution in [2.24, 2.45) is 0 Å². The molecule has 0 heterocycles.